The fraction of sp³-hybridized carbons (Fsp3) is 0.889. The van der Waals surface area contributed by atoms with E-state index in [0.717, 1.165) is 87.4 Å². The van der Waals surface area contributed by atoms with E-state index >= 15 is 0 Å². The number of ether oxygens (including phenoxy) is 1. The highest BCUT2D eigenvalue weighted by Gasteiger charge is 2.59. The van der Waals surface area contributed by atoms with Crippen LogP contribution in [0.25, 0.3) is 0 Å². The summed E-state index contributed by atoms with van der Waals surface area (Å²) in [6, 6.07) is 0. The first-order chi connectivity index (χ1) is 19.7. The number of amides is 1. The number of fused-ring (bicyclic) bond motifs is 5. The van der Waals surface area contributed by atoms with E-state index in [2.05, 4.69) is 63.6 Å². The van der Waals surface area contributed by atoms with Gasteiger partial charge in [-0.05, 0) is 111 Å². The van der Waals surface area contributed by atoms with Gasteiger partial charge in [-0.15, -0.1) is 0 Å². The van der Waals surface area contributed by atoms with Gasteiger partial charge in [0.2, 0.25) is 0 Å². The third-order valence-electron chi connectivity index (χ3n) is 12.2. The van der Waals surface area contributed by atoms with E-state index in [4.69, 9.17) is 4.74 Å². The maximum atomic E-state index is 12.5. The molecule has 0 radical (unpaired) electrons. The van der Waals surface area contributed by atoms with E-state index in [1.807, 2.05) is 0 Å². The molecule has 0 heterocycles. The van der Waals surface area contributed by atoms with E-state index in [1.165, 1.54) is 57.8 Å². The summed E-state index contributed by atoms with van der Waals surface area (Å²) in [4.78, 5) is 12.5. The van der Waals surface area contributed by atoms with Gasteiger partial charge < -0.3 is 20.7 Å². The third kappa shape index (κ3) is 7.85. The van der Waals surface area contributed by atoms with Crippen LogP contribution in [0.2, 0.25) is 0 Å². The van der Waals surface area contributed by atoms with Crippen LogP contribution in [-0.4, -0.2) is 44.9 Å². The van der Waals surface area contributed by atoms with Crippen molar-refractivity contribution in [2.45, 2.75) is 124 Å². The number of allylic oxidation sites excluding steroid dienone is 1. The molecule has 0 aromatic rings. The van der Waals surface area contributed by atoms with Gasteiger partial charge in [0.1, 0.15) is 6.10 Å². The Morgan fingerprint density at radius 1 is 0.951 bits per heavy atom. The highest BCUT2D eigenvalue weighted by Crippen LogP contribution is 2.67. The Morgan fingerprint density at radius 2 is 1.73 bits per heavy atom. The number of nitrogens with one attached hydrogen (secondary N) is 3. The molecule has 4 aliphatic rings. The normalized spacial score (nSPS) is 35.3. The molecule has 41 heavy (non-hydrogen) atoms. The van der Waals surface area contributed by atoms with Crippen molar-refractivity contribution >= 4 is 6.09 Å². The first kappa shape index (κ1) is 32.7. The van der Waals surface area contributed by atoms with E-state index in [9.17, 15) is 4.79 Å². The molecule has 234 valence electrons. The van der Waals surface area contributed by atoms with Crippen LogP contribution in [0.15, 0.2) is 11.6 Å². The minimum absolute atomic E-state index is 0.0226. The van der Waals surface area contributed by atoms with Crippen molar-refractivity contribution in [3.8, 4) is 0 Å². The molecule has 4 aliphatic carbocycles. The number of hydrogen-bond acceptors (Lipinski definition) is 4. The fourth-order valence-electron chi connectivity index (χ4n) is 9.91. The van der Waals surface area contributed by atoms with Crippen LogP contribution in [0.3, 0.4) is 0 Å². The van der Waals surface area contributed by atoms with Crippen LogP contribution < -0.4 is 16.0 Å². The summed E-state index contributed by atoms with van der Waals surface area (Å²) >= 11 is 0. The summed E-state index contributed by atoms with van der Waals surface area (Å²) in [5.41, 5.74) is 2.43. The zero-order chi connectivity index (χ0) is 29.5. The largest absolute Gasteiger partial charge is 0.446 e. The minimum Gasteiger partial charge on any atom is -0.446 e. The predicted octanol–water partition coefficient (Wildman–Crippen LogP) is 7.92. The smallest absolute Gasteiger partial charge is 0.407 e. The number of alkyl carbamates (subject to hydrolysis) is 1. The Balaban J connectivity index is 1.24. The van der Waals surface area contributed by atoms with Crippen LogP contribution in [0.1, 0.15) is 118 Å². The van der Waals surface area contributed by atoms with Crippen molar-refractivity contribution in [2.75, 3.05) is 32.7 Å². The highest BCUT2D eigenvalue weighted by molar-refractivity contribution is 5.67. The summed E-state index contributed by atoms with van der Waals surface area (Å²) < 4.78 is 5.93. The Hall–Kier alpha value is -1.20. The van der Waals surface area contributed by atoms with Crippen molar-refractivity contribution in [1.82, 2.24) is 16.0 Å². The Morgan fingerprint density at radius 3 is 2.49 bits per heavy atom. The standard InChI is InChI=1S/C36H63N3O2/c1-7-20-37-21-9-22-38-23-24-39-34(40)41-29-16-18-35(5)28(25-29)12-13-30-32-15-14-31(27(4)11-8-10-26(2)3)36(32,6)19-17-33(30)35/h12,26-27,29-33,37-38H,1,7-11,13-25H2,2-6H3/p+1/t27-,29+,30+,31-,32+,33+,35+,36-/m1/s1. The molecule has 0 aromatic carbocycles. The summed E-state index contributed by atoms with van der Waals surface area (Å²) in [5, 5.41) is 9.71. The van der Waals surface area contributed by atoms with E-state index in [-0.39, 0.29) is 12.2 Å². The molecule has 0 unspecified atom stereocenters. The SMILES string of the molecule is [CH2+]CCNCCCNCCNC(=O)O[C@H]1CC[C@@]2(C)C(=CC[C@H]3[C@@H]4CC[C@H]([C@H](C)CCCC(C)C)[C@@]4(C)CC[C@@H]32)C1. The molecule has 1 amide bonds. The van der Waals surface area contributed by atoms with Gasteiger partial charge in [0.05, 0.1) is 13.3 Å². The first-order valence-corrected chi connectivity index (χ1v) is 17.5. The second-order valence-electron chi connectivity index (χ2n) is 15.2. The van der Waals surface area contributed by atoms with Gasteiger partial charge in [0.25, 0.3) is 0 Å². The molecule has 0 saturated heterocycles. The molecule has 0 aromatic heterocycles. The van der Waals surface area contributed by atoms with Crippen LogP contribution in [-0.2, 0) is 4.74 Å². The lowest BCUT2D eigenvalue weighted by molar-refractivity contribution is -0.0581. The van der Waals surface area contributed by atoms with Crippen molar-refractivity contribution in [3.63, 3.8) is 0 Å². The lowest BCUT2D eigenvalue weighted by Gasteiger charge is -2.58. The highest BCUT2D eigenvalue weighted by atomic mass is 16.6. The molecule has 8 atom stereocenters. The molecular formula is C36H64N3O2+. The summed E-state index contributed by atoms with van der Waals surface area (Å²) in [6.07, 6.45) is 18.7. The average Bonchev–Trinajstić information content (AvgIpc) is 3.29. The van der Waals surface area contributed by atoms with E-state index in [0.29, 0.717) is 17.4 Å². The van der Waals surface area contributed by atoms with Gasteiger partial charge >= 0.3 is 6.09 Å². The molecule has 4 rings (SSSR count). The molecule has 3 fully saturated rings. The number of carbonyl (C=O) groups excluding carboxylic acids is 1. The Bertz CT molecular complexity index is 858. The van der Waals surface area contributed by atoms with Gasteiger partial charge in [0.15, 0.2) is 0 Å². The Labute approximate surface area is 253 Å². The fourth-order valence-corrected chi connectivity index (χ4v) is 9.91. The van der Waals surface area contributed by atoms with Gasteiger partial charge in [-0.2, -0.15) is 0 Å². The summed E-state index contributed by atoms with van der Waals surface area (Å²) in [5.74, 6) is 5.17. The maximum absolute atomic E-state index is 12.5. The summed E-state index contributed by atoms with van der Waals surface area (Å²) in [7, 11) is 0. The number of hydrogen-bond donors (Lipinski definition) is 3. The number of rotatable bonds is 15. The van der Waals surface area contributed by atoms with E-state index in [1.54, 1.807) is 5.57 Å². The second kappa shape index (κ2) is 15.0. The molecule has 3 N–H and O–H groups in total. The lowest BCUT2D eigenvalue weighted by Crippen LogP contribution is -2.51. The predicted molar refractivity (Wildman–Crippen MR) is 172 cm³/mol. The van der Waals surface area contributed by atoms with Crippen molar-refractivity contribution < 1.29 is 9.53 Å². The van der Waals surface area contributed by atoms with Gasteiger partial charge in [-0.25, -0.2) is 4.79 Å². The summed E-state index contributed by atoms with van der Waals surface area (Å²) in [6.45, 7) is 20.7. The maximum Gasteiger partial charge on any atom is 0.407 e. The first-order valence-electron chi connectivity index (χ1n) is 17.5. The van der Waals surface area contributed by atoms with Crippen LogP contribution in [0.5, 0.6) is 0 Å². The van der Waals surface area contributed by atoms with Crippen molar-refractivity contribution in [3.05, 3.63) is 18.6 Å². The monoisotopic (exact) mass is 570 g/mol. The molecular weight excluding hydrogens is 506 g/mol. The quantitative estimate of drug-likeness (QED) is 0.106. The molecule has 5 heteroatoms. The van der Waals surface area contributed by atoms with Gasteiger partial charge in [0, 0.05) is 26.1 Å². The van der Waals surface area contributed by atoms with Crippen LogP contribution in [0.4, 0.5) is 4.79 Å². The molecule has 0 aliphatic heterocycles. The van der Waals surface area contributed by atoms with Crippen LogP contribution >= 0.6 is 0 Å². The van der Waals surface area contributed by atoms with E-state index < -0.39 is 0 Å². The zero-order valence-electron chi connectivity index (χ0n) is 27.4. The number of carbonyl (C=O) groups is 1. The Kier molecular flexibility index (Phi) is 12.0. The topological polar surface area (TPSA) is 62.4 Å². The molecule has 0 spiro atoms. The van der Waals surface area contributed by atoms with Crippen molar-refractivity contribution in [2.24, 2.45) is 46.3 Å². The second-order valence-corrected chi connectivity index (χ2v) is 15.2. The van der Waals surface area contributed by atoms with Gasteiger partial charge in [-0.1, -0.05) is 65.5 Å². The minimum atomic E-state index is -0.250. The molecule has 5 nitrogen and oxygen atoms in total. The zero-order valence-corrected chi connectivity index (χ0v) is 27.4. The van der Waals surface area contributed by atoms with Gasteiger partial charge in [-0.3, -0.25) is 0 Å². The molecule has 3 saturated carbocycles. The lowest BCUT2D eigenvalue weighted by atomic mass is 9.47. The van der Waals surface area contributed by atoms with Crippen molar-refractivity contribution in [1.29, 1.82) is 0 Å². The molecule has 0 bridgehead atoms. The third-order valence-corrected chi connectivity index (χ3v) is 12.2. The van der Waals surface area contributed by atoms with Crippen LogP contribution in [0, 0.1) is 53.3 Å². The average molecular weight is 571 g/mol.